The number of hydrogen-bond donors (Lipinski definition) is 0. The Morgan fingerprint density at radius 1 is 1.11 bits per heavy atom. The van der Waals surface area contributed by atoms with Crippen molar-refractivity contribution in [3.8, 4) is 11.5 Å². The molecule has 2 aromatic carbocycles. The van der Waals surface area contributed by atoms with E-state index in [-0.39, 0.29) is 5.97 Å². The van der Waals surface area contributed by atoms with Crippen LogP contribution in [-0.2, 0) is 10.1 Å². The summed E-state index contributed by atoms with van der Waals surface area (Å²) in [6.07, 6.45) is 0. The van der Waals surface area contributed by atoms with Gasteiger partial charge in [0.05, 0.1) is 12.7 Å². The maximum atomic E-state index is 11.6. The molecule has 0 spiro atoms. The Labute approximate surface area is 120 Å². The molecular formula is C15H13BrO3. The normalized spacial score (nSPS) is 10.0. The van der Waals surface area contributed by atoms with Crippen molar-refractivity contribution < 1.29 is 14.3 Å². The van der Waals surface area contributed by atoms with Gasteiger partial charge in [-0.1, -0.05) is 34.1 Å². The largest absolute Gasteiger partial charge is 0.465 e. The van der Waals surface area contributed by atoms with Crippen LogP contribution in [0.5, 0.6) is 11.5 Å². The molecule has 0 N–H and O–H groups in total. The van der Waals surface area contributed by atoms with Crippen LogP contribution in [-0.4, -0.2) is 13.1 Å². The molecule has 0 heterocycles. The quantitative estimate of drug-likeness (QED) is 0.626. The number of alkyl halides is 1. The van der Waals surface area contributed by atoms with Gasteiger partial charge in [0.25, 0.3) is 0 Å². The summed E-state index contributed by atoms with van der Waals surface area (Å²) in [5.74, 6) is 1.10. The fourth-order valence-corrected chi connectivity index (χ4v) is 2.14. The van der Waals surface area contributed by atoms with Gasteiger partial charge in [-0.05, 0) is 35.9 Å². The number of halogens is 1. The highest BCUT2D eigenvalue weighted by Crippen LogP contribution is 2.25. The zero-order valence-electron chi connectivity index (χ0n) is 10.4. The van der Waals surface area contributed by atoms with Gasteiger partial charge in [-0.3, -0.25) is 0 Å². The molecule has 19 heavy (non-hydrogen) atoms. The van der Waals surface area contributed by atoms with E-state index in [1.54, 1.807) is 12.1 Å². The van der Waals surface area contributed by atoms with Crippen LogP contribution < -0.4 is 4.74 Å². The molecule has 0 aliphatic rings. The fourth-order valence-electron chi connectivity index (χ4n) is 1.68. The Kier molecular flexibility index (Phi) is 4.58. The molecule has 0 fully saturated rings. The van der Waals surface area contributed by atoms with E-state index in [0.29, 0.717) is 16.6 Å². The Bertz CT molecular complexity index is 567. The predicted molar refractivity (Wildman–Crippen MR) is 76.9 cm³/mol. The van der Waals surface area contributed by atoms with E-state index in [2.05, 4.69) is 15.9 Å². The number of carbonyl (C=O) groups is 1. The van der Waals surface area contributed by atoms with E-state index in [1.807, 2.05) is 36.4 Å². The van der Waals surface area contributed by atoms with E-state index in [1.165, 1.54) is 7.11 Å². The van der Waals surface area contributed by atoms with E-state index in [0.717, 1.165) is 11.3 Å². The number of carbonyl (C=O) groups excluding carboxylic acids is 1. The molecule has 2 aromatic rings. The highest BCUT2D eigenvalue weighted by Gasteiger charge is 2.12. The molecule has 0 bridgehead atoms. The van der Waals surface area contributed by atoms with Crippen molar-refractivity contribution in [2.45, 2.75) is 5.33 Å². The van der Waals surface area contributed by atoms with Crippen LogP contribution in [0.15, 0.2) is 48.5 Å². The highest BCUT2D eigenvalue weighted by atomic mass is 79.9. The molecule has 0 amide bonds. The van der Waals surface area contributed by atoms with Crippen molar-refractivity contribution in [1.82, 2.24) is 0 Å². The SMILES string of the molecule is COC(=O)c1ccc(Oc2ccccc2)cc1CBr. The van der Waals surface area contributed by atoms with Crippen molar-refractivity contribution in [2.24, 2.45) is 0 Å². The molecule has 3 nitrogen and oxygen atoms in total. The predicted octanol–water partition coefficient (Wildman–Crippen LogP) is 4.16. The van der Waals surface area contributed by atoms with E-state index in [9.17, 15) is 4.79 Å². The summed E-state index contributed by atoms with van der Waals surface area (Å²) in [5, 5.41) is 0.559. The van der Waals surface area contributed by atoms with Crippen molar-refractivity contribution >= 4 is 21.9 Å². The molecule has 4 heteroatoms. The van der Waals surface area contributed by atoms with Crippen molar-refractivity contribution in [2.75, 3.05) is 7.11 Å². The van der Waals surface area contributed by atoms with Gasteiger partial charge in [0.2, 0.25) is 0 Å². The first-order valence-electron chi connectivity index (χ1n) is 5.74. The Balaban J connectivity index is 2.27. The van der Waals surface area contributed by atoms with E-state index in [4.69, 9.17) is 9.47 Å². The number of hydrogen-bond acceptors (Lipinski definition) is 3. The lowest BCUT2D eigenvalue weighted by Gasteiger charge is -2.09. The van der Waals surface area contributed by atoms with Crippen LogP contribution in [0, 0.1) is 0 Å². The molecule has 0 radical (unpaired) electrons. The summed E-state index contributed by atoms with van der Waals surface area (Å²) in [7, 11) is 1.37. The second kappa shape index (κ2) is 6.38. The summed E-state index contributed by atoms with van der Waals surface area (Å²) in [6.45, 7) is 0. The second-order valence-electron chi connectivity index (χ2n) is 3.86. The second-order valence-corrected chi connectivity index (χ2v) is 4.42. The molecular weight excluding hydrogens is 308 g/mol. The van der Waals surface area contributed by atoms with Crippen molar-refractivity contribution in [3.63, 3.8) is 0 Å². The van der Waals surface area contributed by atoms with Crippen LogP contribution in [0.3, 0.4) is 0 Å². The lowest BCUT2D eigenvalue weighted by Crippen LogP contribution is -2.04. The summed E-state index contributed by atoms with van der Waals surface area (Å²) in [5.41, 5.74) is 1.38. The van der Waals surface area contributed by atoms with Gasteiger partial charge in [-0.15, -0.1) is 0 Å². The fraction of sp³-hybridized carbons (Fsp3) is 0.133. The lowest BCUT2D eigenvalue weighted by molar-refractivity contribution is 0.0600. The molecule has 0 unspecified atom stereocenters. The molecule has 0 atom stereocenters. The molecule has 0 aliphatic carbocycles. The van der Waals surface area contributed by atoms with Gasteiger partial charge in [-0.2, -0.15) is 0 Å². The maximum Gasteiger partial charge on any atom is 0.338 e. The number of methoxy groups -OCH3 is 1. The van der Waals surface area contributed by atoms with Crippen LogP contribution in [0.4, 0.5) is 0 Å². The zero-order valence-corrected chi connectivity index (χ0v) is 12.0. The third kappa shape index (κ3) is 3.35. The van der Waals surface area contributed by atoms with E-state index >= 15 is 0 Å². The highest BCUT2D eigenvalue weighted by molar-refractivity contribution is 9.08. The van der Waals surface area contributed by atoms with Crippen molar-refractivity contribution in [3.05, 3.63) is 59.7 Å². The average molecular weight is 321 g/mol. The van der Waals surface area contributed by atoms with Gasteiger partial charge in [0, 0.05) is 5.33 Å². The van der Waals surface area contributed by atoms with Gasteiger partial charge < -0.3 is 9.47 Å². The smallest absolute Gasteiger partial charge is 0.338 e. The van der Waals surface area contributed by atoms with Crippen LogP contribution in [0.1, 0.15) is 15.9 Å². The van der Waals surface area contributed by atoms with Crippen LogP contribution in [0.25, 0.3) is 0 Å². The zero-order chi connectivity index (χ0) is 13.7. The lowest BCUT2D eigenvalue weighted by atomic mass is 10.1. The van der Waals surface area contributed by atoms with Crippen LogP contribution >= 0.6 is 15.9 Å². The van der Waals surface area contributed by atoms with Gasteiger partial charge in [-0.25, -0.2) is 4.79 Å². The number of esters is 1. The molecule has 98 valence electrons. The first kappa shape index (κ1) is 13.6. The number of ether oxygens (including phenoxy) is 2. The third-order valence-electron chi connectivity index (χ3n) is 2.60. The average Bonchev–Trinajstić information content (AvgIpc) is 2.47. The molecule has 2 rings (SSSR count). The summed E-state index contributed by atoms with van der Waals surface area (Å²) >= 11 is 3.36. The Morgan fingerprint density at radius 3 is 2.47 bits per heavy atom. The number of benzene rings is 2. The van der Waals surface area contributed by atoms with Crippen molar-refractivity contribution in [1.29, 1.82) is 0 Å². The minimum absolute atomic E-state index is 0.347. The molecule has 0 aliphatic heterocycles. The Hall–Kier alpha value is -1.81. The standard InChI is InChI=1S/C15H13BrO3/c1-18-15(17)14-8-7-13(9-11(14)10-16)19-12-5-3-2-4-6-12/h2-9H,10H2,1H3. The summed E-state index contributed by atoms with van der Waals surface area (Å²) < 4.78 is 10.5. The number of rotatable bonds is 4. The van der Waals surface area contributed by atoms with Gasteiger partial charge in [0.1, 0.15) is 11.5 Å². The topological polar surface area (TPSA) is 35.5 Å². The van der Waals surface area contributed by atoms with Crippen LogP contribution in [0.2, 0.25) is 0 Å². The number of para-hydroxylation sites is 1. The molecule has 0 saturated carbocycles. The minimum atomic E-state index is -0.347. The first-order valence-corrected chi connectivity index (χ1v) is 6.87. The molecule has 0 saturated heterocycles. The minimum Gasteiger partial charge on any atom is -0.465 e. The first-order chi connectivity index (χ1) is 9.24. The monoisotopic (exact) mass is 320 g/mol. The third-order valence-corrected chi connectivity index (χ3v) is 3.21. The molecule has 0 aromatic heterocycles. The van der Waals surface area contributed by atoms with Gasteiger partial charge in [0.15, 0.2) is 0 Å². The summed E-state index contributed by atoms with van der Waals surface area (Å²) in [6, 6.07) is 14.8. The maximum absolute atomic E-state index is 11.6. The van der Waals surface area contributed by atoms with Gasteiger partial charge >= 0.3 is 5.97 Å². The van der Waals surface area contributed by atoms with E-state index < -0.39 is 0 Å². The summed E-state index contributed by atoms with van der Waals surface area (Å²) in [4.78, 5) is 11.6. The Morgan fingerprint density at radius 2 is 1.84 bits per heavy atom.